The summed E-state index contributed by atoms with van der Waals surface area (Å²) in [7, 11) is 0. The zero-order valence-electron chi connectivity index (χ0n) is 8.64. The van der Waals surface area contributed by atoms with E-state index in [1.165, 1.54) is 0 Å². The Morgan fingerprint density at radius 3 is 2.81 bits per heavy atom. The van der Waals surface area contributed by atoms with E-state index in [1.807, 2.05) is 13.0 Å². The number of aromatic nitrogens is 1. The number of aryl methyl sites for hydroxylation is 1. The highest BCUT2D eigenvalue weighted by Gasteiger charge is 2.02. The van der Waals surface area contributed by atoms with Gasteiger partial charge in [-0.1, -0.05) is 6.07 Å². The van der Waals surface area contributed by atoms with Gasteiger partial charge in [-0.2, -0.15) is 0 Å². The third-order valence-corrected chi connectivity index (χ3v) is 2.89. The van der Waals surface area contributed by atoms with E-state index in [0.717, 1.165) is 10.0 Å². The van der Waals surface area contributed by atoms with Crippen molar-refractivity contribution in [2.45, 2.75) is 6.92 Å². The Morgan fingerprint density at radius 1 is 1.31 bits per heavy atom. The number of hydrogen-bond donors (Lipinski definition) is 1. The van der Waals surface area contributed by atoms with Gasteiger partial charge in [0.15, 0.2) is 0 Å². The van der Waals surface area contributed by atoms with Crippen LogP contribution in [0.25, 0.3) is 0 Å². The first-order chi connectivity index (χ1) is 7.65. The molecule has 4 heteroatoms. The van der Waals surface area contributed by atoms with Crippen LogP contribution in [-0.4, -0.2) is 10.1 Å². The fourth-order valence-corrected chi connectivity index (χ4v) is 1.45. The number of halogens is 1. The van der Waals surface area contributed by atoms with Gasteiger partial charge < -0.3 is 9.84 Å². The number of nitrogens with zero attached hydrogens (tertiary/aromatic N) is 1. The minimum Gasteiger partial charge on any atom is -0.508 e. The molecule has 0 saturated carbocycles. The molecule has 2 rings (SSSR count). The van der Waals surface area contributed by atoms with Crippen molar-refractivity contribution in [1.29, 1.82) is 0 Å². The molecule has 0 saturated heterocycles. The molecule has 3 nitrogen and oxygen atoms in total. The number of ether oxygens (including phenoxy) is 1. The Balaban J connectivity index is 2.24. The van der Waals surface area contributed by atoms with Gasteiger partial charge in [0, 0.05) is 22.8 Å². The fourth-order valence-electron chi connectivity index (χ4n) is 1.24. The minimum atomic E-state index is 0.173. The minimum absolute atomic E-state index is 0.173. The van der Waals surface area contributed by atoms with Crippen LogP contribution in [0.5, 0.6) is 17.4 Å². The van der Waals surface area contributed by atoms with E-state index in [0.29, 0.717) is 11.6 Å². The molecule has 1 heterocycles. The number of benzene rings is 1. The second-order valence-corrected chi connectivity index (χ2v) is 4.23. The molecular weight excluding hydrogens is 270 g/mol. The smallest absolute Gasteiger partial charge is 0.219 e. The third-order valence-electron chi connectivity index (χ3n) is 2.06. The van der Waals surface area contributed by atoms with Crippen LogP contribution in [0.4, 0.5) is 0 Å². The monoisotopic (exact) mass is 279 g/mol. The quantitative estimate of drug-likeness (QED) is 0.913. The predicted octanol–water partition coefficient (Wildman–Crippen LogP) is 3.65. The average molecular weight is 280 g/mol. The Morgan fingerprint density at radius 2 is 2.12 bits per heavy atom. The number of aromatic hydroxyl groups is 1. The predicted molar refractivity (Wildman–Crippen MR) is 64.9 cm³/mol. The summed E-state index contributed by atoms with van der Waals surface area (Å²) >= 11 is 3.37. The first kappa shape index (κ1) is 11.0. The summed E-state index contributed by atoms with van der Waals surface area (Å²) in [4.78, 5) is 4.11. The van der Waals surface area contributed by atoms with Crippen molar-refractivity contribution in [2.75, 3.05) is 0 Å². The Labute approximate surface area is 102 Å². The molecular formula is C12H10BrNO2. The molecule has 1 aromatic heterocycles. The first-order valence-corrected chi connectivity index (χ1v) is 5.53. The Kier molecular flexibility index (Phi) is 3.10. The van der Waals surface area contributed by atoms with Crippen molar-refractivity contribution in [3.8, 4) is 17.4 Å². The van der Waals surface area contributed by atoms with E-state index in [9.17, 15) is 5.11 Å². The number of hydrogen-bond acceptors (Lipinski definition) is 3. The molecule has 0 atom stereocenters. The van der Waals surface area contributed by atoms with Crippen LogP contribution in [0.15, 0.2) is 41.0 Å². The highest BCUT2D eigenvalue weighted by atomic mass is 79.9. The van der Waals surface area contributed by atoms with Gasteiger partial charge >= 0.3 is 0 Å². The molecule has 0 aliphatic carbocycles. The van der Waals surface area contributed by atoms with Gasteiger partial charge in [0.25, 0.3) is 0 Å². The highest BCUT2D eigenvalue weighted by molar-refractivity contribution is 9.10. The molecule has 0 fully saturated rings. The molecule has 0 aliphatic heterocycles. The number of phenolic OH excluding ortho intramolecular Hbond substituents is 1. The van der Waals surface area contributed by atoms with E-state index in [1.54, 1.807) is 30.5 Å². The lowest BCUT2D eigenvalue weighted by Crippen LogP contribution is -1.88. The van der Waals surface area contributed by atoms with Crippen LogP contribution in [0.2, 0.25) is 0 Å². The summed E-state index contributed by atoms with van der Waals surface area (Å²) in [5.74, 6) is 1.24. The number of pyridine rings is 1. The Bertz CT molecular complexity index is 514. The van der Waals surface area contributed by atoms with Crippen molar-refractivity contribution < 1.29 is 9.84 Å². The zero-order valence-corrected chi connectivity index (χ0v) is 10.2. The molecule has 0 spiro atoms. The van der Waals surface area contributed by atoms with Crippen LogP contribution in [0, 0.1) is 6.92 Å². The molecule has 16 heavy (non-hydrogen) atoms. The standard InChI is InChI=1S/C12H10BrNO2/c1-8-5-12(14-7-11(8)13)16-10-4-2-3-9(15)6-10/h2-7,15H,1H3. The topological polar surface area (TPSA) is 42.4 Å². The molecule has 0 aliphatic rings. The molecule has 0 amide bonds. The second-order valence-electron chi connectivity index (χ2n) is 3.37. The van der Waals surface area contributed by atoms with E-state index in [4.69, 9.17) is 4.74 Å². The lowest BCUT2D eigenvalue weighted by Gasteiger charge is -2.06. The van der Waals surface area contributed by atoms with Crippen LogP contribution in [-0.2, 0) is 0 Å². The molecule has 82 valence electrons. The van der Waals surface area contributed by atoms with Crippen LogP contribution >= 0.6 is 15.9 Å². The largest absolute Gasteiger partial charge is 0.508 e. The van der Waals surface area contributed by atoms with Gasteiger partial charge in [-0.05, 0) is 40.5 Å². The molecule has 1 aromatic carbocycles. The van der Waals surface area contributed by atoms with E-state index in [-0.39, 0.29) is 5.75 Å². The summed E-state index contributed by atoms with van der Waals surface area (Å²) in [6.45, 7) is 1.96. The van der Waals surface area contributed by atoms with Crippen molar-refractivity contribution in [1.82, 2.24) is 4.98 Å². The van der Waals surface area contributed by atoms with Gasteiger partial charge in [-0.25, -0.2) is 4.98 Å². The maximum Gasteiger partial charge on any atom is 0.219 e. The summed E-state index contributed by atoms with van der Waals surface area (Å²) in [5.41, 5.74) is 1.05. The fraction of sp³-hybridized carbons (Fsp3) is 0.0833. The molecule has 2 aromatic rings. The first-order valence-electron chi connectivity index (χ1n) is 4.74. The normalized spacial score (nSPS) is 10.1. The Hall–Kier alpha value is -1.55. The van der Waals surface area contributed by atoms with Crippen LogP contribution in [0.3, 0.4) is 0 Å². The van der Waals surface area contributed by atoms with Crippen molar-refractivity contribution in [2.24, 2.45) is 0 Å². The lowest BCUT2D eigenvalue weighted by molar-refractivity contribution is 0.445. The molecule has 0 unspecified atom stereocenters. The summed E-state index contributed by atoms with van der Waals surface area (Å²) in [6.07, 6.45) is 1.69. The van der Waals surface area contributed by atoms with Gasteiger partial charge in [0.05, 0.1) is 0 Å². The molecule has 0 radical (unpaired) electrons. The highest BCUT2D eigenvalue weighted by Crippen LogP contribution is 2.25. The van der Waals surface area contributed by atoms with E-state index >= 15 is 0 Å². The van der Waals surface area contributed by atoms with Crippen molar-refractivity contribution in [3.63, 3.8) is 0 Å². The number of rotatable bonds is 2. The van der Waals surface area contributed by atoms with Gasteiger partial charge in [-0.15, -0.1) is 0 Å². The summed E-state index contributed by atoms with van der Waals surface area (Å²) < 4.78 is 6.44. The summed E-state index contributed by atoms with van der Waals surface area (Å²) in [5, 5.41) is 9.28. The van der Waals surface area contributed by atoms with Crippen LogP contribution < -0.4 is 4.74 Å². The molecule has 0 bridgehead atoms. The maximum atomic E-state index is 9.28. The summed E-state index contributed by atoms with van der Waals surface area (Å²) in [6, 6.07) is 8.44. The maximum absolute atomic E-state index is 9.28. The van der Waals surface area contributed by atoms with E-state index in [2.05, 4.69) is 20.9 Å². The van der Waals surface area contributed by atoms with Gasteiger partial charge in [0.2, 0.25) is 5.88 Å². The zero-order chi connectivity index (χ0) is 11.5. The lowest BCUT2D eigenvalue weighted by atomic mass is 10.3. The van der Waals surface area contributed by atoms with Crippen molar-refractivity contribution >= 4 is 15.9 Å². The SMILES string of the molecule is Cc1cc(Oc2cccc(O)c2)ncc1Br. The third kappa shape index (κ3) is 2.52. The van der Waals surface area contributed by atoms with Crippen molar-refractivity contribution in [3.05, 3.63) is 46.6 Å². The molecule has 1 N–H and O–H groups in total. The van der Waals surface area contributed by atoms with Gasteiger partial charge in [0.1, 0.15) is 11.5 Å². The van der Waals surface area contributed by atoms with E-state index < -0.39 is 0 Å². The average Bonchev–Trinajstić information content (AvgIpc) is 2.24. The number of phenols is 1. The van der Waals surface area contributed by atoms with Gasteiger partial charge in [-0.3, -0.25) is 0 Å². The van der Waals surface area contributed by atoms with Crippen LogP contribution in [0.1, 0.15) is 5.56 Å². The second kappa shape index (κ2) is 4.53.